The second-order valence-electron chi connectivity index (χ2n) is 8.26. The number of likely N-dealkylation sites (tertiary alicyclic amines) is 1. The normalized spacial score (nSPS) is 19.7. The average Bonchev–Trinajstić information content (AvgIpc) is 3.20. The monoisotopic (exact) mass is 530 g/mol. The summed E-state index contributed by atoms with van der Waals surface area (Å²) in [5, 5.41) is 21.0. The maximum absolute atomic E-state index is 12.7. The number of amides is 1. The van der Waals surface area contributed by atoms with Crippen LogP contribution < -0.4 is 10.6 Å². The van der Waals surface area contributed by atoms with Crippen LogP contribution in [0.4, 0.5) is 26.3 Å². The van der Waals surface area contributed by atoms with Gasteiger partial charge in [-0.1, -0.05) is 6.07 Å². The van der Waals surface area contributed by atoms with Crippen LogP contribution in [-0.4, -0.2) is 88.6 Å². The van der Waals surface area contributed by atoms with E-state index in [9.17, 15) is 31.1 Å². The second-order valence-corrected chi connectivity index (χ2v) is 8.26. The van der Waals surface area contributed by atoms with E-state index in [-0.39, 0.29) is 17.5 Å². The van der Waals surface area contributed by atoms with E-state index in [2.05, 4.69) is 26.6 Å². The molecule has 15 heteroatoms. The molecule has 2 aliphatic rings. The van der Waals surface area contributed by atoms with Gasteiger partial charge in [0.1, 0.15) is 0 Å². The Labute approximate surface area is 202 Å². The molecule has 2 aliphatic heterocycles. The smallest absolute Gasteiger partial charge is 0.475 e. The number of hydrogen-bond donors (Lipinski definition) is 4. The molecule has 36 heavy (non-hydrogen) atoms. The largest absolute Gasteiger partial charge is 0.490 e. The van der Waals surface area contributed by atoms with Crippen molar-refractivity contribution in [3.8, 4) is 0 Å². The molecule has 2 saturated heterocycles. The molecule has 0 spiro atoms. The topological polar surface area (TPSA) is 132 Å². The number of nitrogens with zero attached hydrogens (tertiary/aromatic N) is 2. The third-order valence-corrected chi connectivity index (χ3v) is 5.50. The Bertz CT molecular complexity index is 837. The summed E-state index contributed by atoms with van der Waals surface area (Å²) in [7, 11) is 2.05. The number of piperidine rings is 1. The van der Waals surface area contributed by atoms with Crippen LogP contribution in [0.15, 0.2) is 24.4 Å². The number of aliphatic carboxylic acids is 2. The van der Waals surface area contributed by atoms with Crippen molar-refractivity contribution in [1.29, 1.82) is 0 Å². The maximum atomic E-state index is 12.7. The highest BCUT2D eigenvalue weighted by Gasteiger charge is 2.39. The standard InChI is InChI=1S/C17H26N4O.2C2HF3O2/c1-21-12-4-6-15(21)16(22)20-17(7-10-18-11-8-17)13-14-5-2-3-9-19-14;2*3-2(4,5)1(6)7/h2-3,5,9,15,18H,4,6-8,10-13H2,1H3,(H,20,22);2*(H,6,7)/t15-;;/m1../s1. The number of nitrogens with one attached hydrogen (secondary N) is 2. The lowest BCUT2D eigenvalue weighted by Crippen LogP contribution is -2.59. The molecule has 0 unspecified atom stereocenters. The van der Waals surface area contributed by atoms with Gasteiger partial charge in [0.25, 0.3) is 0 Å². The van der Waals surface area contributed by atoms with E-state index in [0.29, 0.717) is 0 Å². The lowest BCUT2D eigenvalue weighted by molar-refractivity contribution is -0.193. The molecule has 4 N–H and O–H groups in total. The first-order valence-corrected chi connectivity index (χ1v) is 10.8. The first kappa shape index (κ1) is 31.1. The van der Waals surface area contributed by atoms with Crippen LogP contribution in [0.1, 0.15) is 31.4 Å². The zero-order chi connectivity index (χ0) is 27.6. The van der Waals surface area contributed by atoms with Gasteiger partial charge in [0.2, 0.25) is 5.91 Å². The predicted molar refractivity (Wildman–Crippen MR) is 114 cm³/mol. The Morgan fingerprint density at radius 1 is 1.08 bits per heavy atom. The first-order chi connectivity index (χ1) is 16.6. The number of carboxylic acid groups (broad SMARTS) is 2. The van der Waals surface area contributed by atoms with Crippen LogP contribution in [0, 0.1) is 0 Å². The molecular formula is C21H28F6N4O5. The molecule has 1 aromatic heterocycles. The summed E-state index contributed by atoms with van der Waals surface area (Å²) in [5.41, 5.74) is 0.907. The highest BCUT2D eigenvalue weighted by Crippen LogP contribution is 2.25. The molecule has 1 amide bonds. The molecule has 2 fully saturated rings. The van der Waals surface area contributed by atoms with E-state index in [0.717, 1.165) is 57.4 Å². The van der Waals surface area contributed by atoms with Crippen molar-refractivity contribution in [1.82, 2.24) is 20.5 Å². The van der Waals surface area contributed by atoms with Gasteiger partial charge in [-0.3, -0.25) is 14.7 Å². The van der Waals surface area contributed by atoms with Gasteiger partial charge in [0.15, 0.2) is 0 Å². The quantitative estimate of drug-likeness (QED) is 0.436. The lowest BCUT2D eigenvalue weighted by Gasteiger charge is -2.39. The number of carboxylic acids is 2. The number of hydrogen-bond acceptors (Lipinski definition) is 6. The molecule has 204 valence electrons. The highest BCUT2D eigenvalue weighted by molar-refractivity contribution is 5.82. The minimum absolute atomic E-state index is 0.0375. The fourth-order valence-electron chi connectivity index (χ4n) is 3.69. The molecule has 0 saturated carbocycles. The van der Waals surface area contributed by atoms with Crippen molar-refractivity contribution < 1.29 is 50.9 Å². The van der Waals surface area contributed by atoms with E-state index in [4.69, 9.17) is 19.8 Å². The molecule has 0 aromatic carbocycles. The molecule has 0 aliphatic carbocycles. The van der Waals surface area contributed by atoms with Gasteiger partial charge in [-0.15, -0.1) is 0 Å². The molecular weight excluding hydrogens is 502 g/mol. The zero-order valence-electron chi connectivity index (χ0n) is 19.3. The highest BCUT2D eigenvalue weighted by atomic mass is 19.4. The Morgan fingerprint density at radius 2 is 1.61 bits per heavy atom. The number of alkyl halides is 6. The fourth-order valence-corrected chi connectivity index (χ4v) is 3.69. The van der Waals surface area contributed by atoms with Gasteiger partial charge in [0.05, 0.1) is 6.04 Å². The third-order valence-electron chi connectivity index (χ3n) is 5.50. The SMILES string of the molecule is CN1CCC[C@@H]1C(=O)NC1(Cc2ccccn2)CCNCC1.O=C(O)C(F)(F)F.O=C(O)C(F)(F)F. The van der Waals surface area contributed by atoms with Crippen LogP contribution in [0.2, 0.25) is 0 Å². The fraction of sp³-hybridized carbons (Fsp3) is 0.619. The summed E-state index contributed by atoms with van der Waals surface area (Å²) in [6.07, 6.45) is -3.50. The molecule has 1 atom stereocenters. The van der Waals surface area contributed by atoms with Crippen LogP contribution >= 0.6 is 0 Å². The summed E-state index contributed by atoms with van der Waals surface area (Å²) in [5.74, 6) is -5.32. The van der Waals surface area contributed by atoms with Gasteiger partial charge >= 0.3 is 24.3 Å². The number of pyridine rings is 1. The summed E-state index contributed by atoms with van der Waals surface area (Å²) in [4.78, 5) is 37.1. The van der Waals surface area contributed by atoms with Crippen molar-refractivity contribution in [2.75, 3.05) is 26.7 Å². The van der Waals surface area contributed by atoms with Gasteiger partial charge in [-0.05, 0) is 64.5 Å². The Hall–Kier alpha value is -2.94. The van der Waals surface area contributed by atoms with Gasteiger partial charge < -0.3 is 20.8 Å². The predicted octanol–water partition coefficient (Wildman–Crippen LogP) is 2.22. The number of aromatic nitrogens is 1. The Balaban J connectivity index is 0.000000383. The van der Waals surface area contributed by atoms with Gasteiger partial charge in [-0.2, -0.15) is 26.3 Å². The van der Waals surface area contributed by atoms with E-state index in [1.165, 1.54) is 0 Å². The average molecular weight is 530 g/mol. The van der Waals surface area contributed by atoms with Crippen molar-refractivity contribution in [2.45, 2.75) is 56.0 Å². The van der Waals surface area contributed by atoms with Crippen molar-refractivity contribution in [3.63, 3.8) is 0 Å². The number of rotatable bonds is 4. The van der Waals surface area contributed by atoms with E-state index < -0.39 is 24.3 Å². The van der Waals surface area contributed by atoms with Crippen molar-refractivity contribution >= 4 is 17.8 Å². The van der Waals surface area contributed by atoms with E-state index in [1.807, 2.05) is 25.4 Å². The lowest BCUT2D eigenvalue weighted by atomic mass is 9.83. The van der Waals surface area contributed by atoms with E-state index in [1.54, 1.807) is 0 Å². The Kier molecular flexibility index (Phi) is 11.6. The summed E-state index contributed by atoms with van der Waals surface area (Å²) < 4.78 is 63.5. The molecule has 0 radical (unpaired) electrons. The van der Waals surface area contributed by atoms with Crippen LogP contribution in [-0.2, 0) is 20.8 Å². The summed E-state index contributed by atoms with van der Waals surface area (Å²) in [6.45, 7) is 2.92. The number of halogens is 6. The number of likely N-dealkylation sites (N-methyl/N-ethyl adjacent to an activating group) is 1. The number of carbonyl (C=O) groups excluding carboxylic acids is 1. The third kappa shape index (κ3) is 10.8. The zero-order valence-corrected chi connectivity index (χ0v) is 19.3. The van der Waals surface area contributed by atoms with Crippen LogP contribution in [0.5, 0.6) is 0 Å². The molecule has 1 aromatic rings. The summed E-state index contributed by atoms with van der Waals surface area (Å²) >= 11 is 0. The molecule has 9 nitrogen and oxygen atoms in total. The summed E-state index contributed by atoms with van der Waals surface area (Å²) in [6, 6.07) is 6.04. The van der Waals surface area contributed by atoms with Crippen LogP contribution in [0.25, 0.3) is 0 Å². The van der Waals surface area contributed by atoms with Crippen molar-refractivity contribution in [3.05, 3.63) is 30.1 Å². The number of carbonyl (C=O) groups is 3. The molecule has 0 bridgehead atoms. The minimum atomic E-state index is -5.08. The Morgan fingerprint density at radius 3 is 2.00 bits per heavy atom. The van der Waals surface area contributed by atoms with Crippen LogP contribution in [0.3, 0.4) is 0 Å². The van der Waals surface area contributed by atoms with E-state index >= 15 is 0 Å². The van der Waals surface area contributed by atoms with Gasteiger partial charge in [-0.25, -0.2) is 9.59 Å². The van der Waals surface area contributed by atoms with Gasteiger partial charge in [0, 0.05) is 23.9 Å². The molecule has 3 heterocycles. The molecule has 3 rings (SSSR count). The maximum Gasteiger partial charge on any atom is 0.490 e. The minimum Gasteiger partial charge on any atom is -0.475 e. The second kappa shape index (κ2) is 13.4. The first-order valence-electron chi connectivity index (χ1n) is 10.8. The van der Waals surface area contributed by atoms with Crippen molar-refractivity contribution in [2.24, 2.45) is 0 Å².